The maximum atomic E-state index is 16.1. The number of anilines is 1. The van der Waals surface area contributed by atoms with Crippen molar-refractivity contribution < 1.29 is 38.1 Å². The summed E-state index contributed by atoms with van der Waals surface area (Å²) < 4.78 is 32.8. The normalized spacial score (nSPS) is 14.0. The minimum absolute atomic E-state index is 0.00343. The Morgan fingerprint density at radius 1 is 1.09 bits per heavy atom. The van der Waals surface area contributed by atoms with Crippen molar-refractivity contribution in [2.45, 2.75) is 58.3 Å². The number of aromatic nitrogens is 3. The third-order valence-electron chi connectivity index (χ3n) is 8.34. The molecule has 4 heterocycles. The lowest BCUT2D eigenvalue weighted by Crippen LogP contribution is -2.43. The fourth-order valence-electron chi connectivity index (χ4n) is 5.77. The van der Waals surface area contributed by atoms with Gasteiger partial charge in [-0.05, 0) is 57.5 Å². The van der Waals surface area contributed by atoms with Crippen molar-refractivity contribution in [1.29, 1.82) is 0 Å². The zero-order valence-corrected chi connectivity index (χ0v) is 31.4. The Labute approximate surface area is 317 Å². The Bertz CT molecular complexity index is 2010. The summed E-state index contributed by atoms with van der Waals surface area (Å²) in [6, 6.07) is 10.8. The van der Waals surface area contributed by atoms with Crippen molar-refractivity contribution in [2.75, 3.05) is 39.2 Å². The van der Waals surface area contributed by atoms with Crippen LogP contribution in [0.3, 0.4) is 0 Å². The number of rotatable bonds is 14. The Morgan fingerprint density at radius 3 is 2.57 bits per heavy atom. The summed E-state index contributed by atoms with van der Waals surface area (Å²) in [6.45, 7) is 6.36. The Morgan fingerprint density at radius 2 is 1.89 bits per heavy atom. The van der Waals surface area contributed by atoms with Crippen LogP contribution in [-0.4, -0.2) is 88.4 Å². The van der Waals surface area contributed by atoms with Gasteiger partial charge in [-0.3, -0.25) is 19.6 Å². The van der Waals surface area contributed by atoms with Crippen LogP contribution in [0.2, 0.25) is 5.02 Å². The largest absolute Gasteiger partial charge is 0.496 e. The van der Waals surface area contributed by atoms with Crippen LogP contribution in [0.5, 0.6) is 11.6 Å². The Hall–Kier alpha value is -5.38. The highest BCUT2D eigenvalue weighted by molar-refractivity contribution is 6.35. The van der Waals surface area contributed by atoms with E-state index in [-0.39, 0.29) is 65.2 Å². The number of carbonyl (C=O) groups excluding carboxylic acids is 3. The topological polar surface area (TPSA) is 177 Å². The van der Waals surface area contributed by atoms with E-state index in [1.165, 1.54) is 49.7 Å². The van der Waals surface area contributed by atoms with Gasteiger partial charge in [0.25, 0.3) is 5.91 Å². The zero-order chi connectivity index (χ0) is 39.0. The van der Waals surface area contributed by atoms with Crippen LogP contribution in [-0.2, 0) is 22.6 Å². The number of amides is 3. The van der Waals surface area contributed by atoms with E-state index in [9.17, 15) is 14.4 Å². The molecule has 3 amide bonds. The number of pyridine rings is 3. The first-order chi connectivity index (χ1) is 25.8. The van der Waals surface area contributed by atoms with Crippen molar-refractivity contribution in [3.63, 3.8) is 0 Å². The molecule has 1 saturated heterocycles. The molecule has 5 rings (SSSR count). The van der Waals surface area contributed by atoms with Crippen molar-refractivity contribution in [3.05, 3.63) is 82.5 Å². The molecular formula is C38H43ClFN7O7. The smallest absolute Gasteiger partial charge is 0.410 e. The first-order valence-corrected chi connectivity index (χ1v) is 17.6. The van der Waals surface area contributed by atoms with Gasteiger partial charge in [-0.15, -0.1) is 0 Å². The van der Waals surface area contributed by atoms with Crippen LogP contribution >= 0.6 is 11.6 Å². The molecule has 3 aromatic heterocycles. The number of benzene rings is 1. The highest BCUT2D eigenvalue weighted by atomic mass is 35.5. The van der Waals surface area contributed by atoms with Crippen LogP contribution in [0.25, 0.3) is 22.5 Å². The van der Waals surface area contributed by atoms with Gasteiger partial charge in [-0.25, -0.2) is 14.2 Å². The first kappa shape index (κ1) is 39.8. The van der Waals surface area contributed by atoms with Crippen molar-refractivity contribution >= 4 is 35.2 Å². The van der Waals surface area contributed by atoms with E-state index in [1.807, 2.05) is 0 Å². The average Bonchev–Trinajstić information content (AvgIpc) is 3.56. The van der Waals surface area contributed by atoms with E-state index in [0.717, 1.165) is 0 Å². The Balaban J connectivity index is 1.39. The molecule has 1 atom stereocenters. The van der Waals surface area contributed by atoms with Gasteiger partial charge in [0.1, 0.15) is 17.0 Å². The first-order valence-electron chi connectivity index (χ1n) is 17.2. The molecule has 0 unspecified atom stereocenters. The molecule has 1 aromatic carbocycles. The summed E-state index contributed by atoms with van der Waals surface area (Å²) >= 11 is 6.88. The van der Waals surface area contributed by atoms with Gasteiger partial charge in [0.15, 0.2) is 5.82 Å². The minimum Gasteiger partial charge on any atom is -0.496 e. The molecule has 4 N–H and O–H groups in total. The number of ether oxygens (including phenoxy) is 3. The van der Waals surface area contributed by atoms with Gasteiger partial charge >= 0.3 is 6.09 Å². The molecule has 0 aliphatic carbocycles. The maximum Gasteiger partial charge on any atom is 0.410 e. The molecule has 0 radical (unpaired) electrons. The third kappa shape index (κ3) is 9.78. The minimum atomic E-state index is -0.768. The molecule has 1 aliphatic heterocycles. The second-order valence-electron chi connectivity index (χ2n) is 13.5. The number of aliphatic hydroxyl groups is 1. The van der Waals surface area contributed by atoms with Crippen LogP contribution in [0.1, 0.15) is 55.2 Å². The molecule has 14 nitrogen and oxygen atoms in total. The van der Waals surface area contributed by atoms with E-state index in [2.05, 4.69) is 30.9 Å². The summed E-state index contributed by atoms with van der Waals surface area (Å²) in [5.74, 6) is -0.874. The fraction of sp³-hybridized carbons (Fsp3) is 0.368. The number of nitrogens with zero attached hydrogens (tertiary/aromatic N) is 4. The van der Waals surface area contributed by atoms with Gasteiger partial charge in [0.05, 0.1) is 49.5 Å². The molecule has 0 saturated carbocycles. The molecule has 1 aliphatic rings. The van der Waals surface area contributed by atoms with Gasteiger partial charge < -0.3 is 40.2 Å². The number of hydrogen-bond acceptors (Lipinski definition) is 11. The predicted octanol–water partition coefficient (Wildman–Crippen LogP) is 5.37. The standard InChI is InChI=1S/C38H43ClFN7O7/c1-38(2,3)54-37(51)47(21-24-10-12-31(49)44-24)20-22-9-11-27(46-36(22)53-5)25-13-14-42-34(32(25)39)26-7-6-8-28(33(26)40)45-35(50)29-17-30(52-4)23(19-43-29)18-41-15-16-48/h6-9,11,13-14,17,19,24,41,48H,10,12,15-16,18,20-21H2,1-5H3,(H,44,49)(H,45,50)/t24-/m0/s1. The summed E-state index contributed by atoms with van der Waals surface area (Å²) in [4.78, 5) is 53.0. The number of hydrogen-bond donors (Lipinski definition) is 4. The number of aliphatic hydroxyl groups excluding tert-OH is 1. The molecule has 1 fully saturated rings. The summed E-state index contributed by atoms with van der Waals surface area (Å²) in [6.07, 6.45) is 3.38. The fourth-order valence-corrected chi connectivity index (χ4v) is 6.08. The van der Waals surface area contributed by atoms with Gasteiger partial charge in [-0.2, -0.15) is 0 Å². The number of halogens is 2. The van der Waals surface area contributed by atoms with E-state index < -0.39 is 23.4 Å². The van der Waals surface area contributed by atoms with Crippen LogP contribution in [0, 0.1) is 5.82 Å². The highest BCUT2D eigenvalue weighted by Gasteiger charge is 2.29. The van der Waals surface area contributed by atoms with E-state index in [1.54, 1.807) is 45.0 Å². The number of carbonyl (C=O) groups is 3. The second kappa shape index (κ2) is 17.6. The SMILES string of the molecule is COc1cc(C(=O)Nc2cccc(-c3nccc(-c4ccc(CN(C[C@@H]5CCC(=O)N5)C(=O)OC(C)(C)C)c(OC)n4)c3Cl)c2F)ncc1CNCCO. The lowest BCUT2D eigenvalue weighted by atomic mass is 10.0. The summed E-state index contributed by atoms with van der Waals surface area (Å²) in [5, 5.41) is 17.6. The zero-order valence-electron chi connectivity index (χ0n) is 30.7. The molecular weight excluding hydrogens is 721 g/mol. The van der Waals surface area contributed by atoms with Crippen molar-refractivity contribution in [2.24, 2.45) is 0 Å². The molecule has 16 heteroatoms. The second-order valence-corrected chi connectivity index (χ2v) is 13.8. The van der Waals surface area contributed by atoms with E-state index >= 15 is 4.39 Å². The van der Waals surface area contributed by atoms with Crippen molar-refractivity contribution in [1.82, 2.24) is 30.5 Å². The lowest BCUT2D eigenvalue weighted by Gasteiger charge is -2.29. The Kier molecular flexibility index (Phi) is 13.0. The van der Waals surface area contributed by atoms with Crippen LogP contribution in [0.4, 0.5) is 14.9 Å². The maximum absolute atomic E-state index is 16.1. The highest BCUT2D eigenvalue weighted by Crippen LogP contribution is 2.38. The number of methoxy groups -OCH3 is 2. The van der Waals surface area contributed by atoms with E-state index in [4.69, 9.17) is 30.9 Å². The van der Waals surface area contributed by atoms with E-state index in [0.29, 0.717) is 54.1 Å². The monoisotopic (exact) mass is 763 g/mol. The molecule has 0 bridgehead atoms. The van der Waals surface area contributed by atoms with Crippen molar-refractivity contribution in [3.8, 4) is 34.1 Å². The molecule has 0 spiro atoms. The predicted molar refractivity (Wildman–Crippen MR) is 200 cm³/mol. The molecule has 4 aromatic rings. The van der Waals surface area contributed by atoms with Crippen LogP contribution < -0.4 is 25.4 Å². The summed E-state index contributed by atoms with van der Waals surface area (Å²) in [5.41, 5.74) is 1.38. The average molecular weight is 764 g/mol. The van der Waals surface area contributed by atoms with Gasteiger partial charge in [-0.1, -0.05) is 17.7 Å². The molecule has 286 valence electrons. The molecule has 54 heavy (non-hydrogen) atoms. The van der Waals surface area contributed by atoms with Gasteiger partial charge in [0.2, 0.25) is 11.8 Å². The quantitative estimate of drug-likeness (QED) is 0.122. The third-order valence-corrected chi connectivity index (χ3v) is 8.72. The van der Waals surface area contributed by atoms with Gasteiger partial charge in [0, 0.05) is 72.8 Å². The summed E-state index contributed by atoms with van der Waals surface area (Å²) in [7, 11) is 2.91. The lowest BCUT2D eigenvalue weighted by molar-refractivity contribution is -0.119. The number of nitrogens with one attached hydrogen (secondary N) is 3. The van der Waals surface area contributed by atoms with Crippen LogP contribution in [0.15, 0.2) is 54.9 Å².